The molecular formula is C9H16BrNO. The van der Waals surface area contributed by atoms with Gasteiger partial charge in [0, 0.05) is 12.6 Å². The number of nitrogens with zero attached hydrogens (tertiary/aromatic N) is 1. The van der Waals surface area contributed by atoms with Gasteiger partial charge < -0.3 is 4.90 Å². The first-order chi connectivity index (χ1) is 5.79. The highest BCUT2D eigenvalue weighted by Crippen LogP contribution is 2.23. The molecule has 2 nitrogen and oxygen atoms in total. The van der Waals surface area contributed by atoms with Crippen LogP contribution >= 0.6 is 15.9 Å². The molecule has 1 aliphatic carbocycles. The molecule has 0 atom stereocenters. The fraction of sp³-hybridized carbons (Fsp3) is 0.889. The fourth-order valence-corrected chi connectivity index (χ4v) is 2.25. The molecule has 1 fully saturated rings. The molecule has 1 aliphatic rings. The Morgan fingerprint density at radius 2 is 2.08 bits per heavy atom. The summed E-state index contributed by atoms with van der Waals surface area (Å²) < 4.78 is 0. The zero-order valence-corrected chi connectivity index (χ0v) is 9.14. The monoisotopic (exact) mass is 233 g/mol. The molecule has 1 amide bonds. The summed E-state index contributed by atoms with van der Waals surface area (Å²) in [6, 6.07) is 0.528. The minimum absolute atomic E-state index is 0.240. The molecule has 0 aromatic carbocycles. The number of hydrogen-bond acceptors (Lipinski definition) is 1. The maximum Gasteiger partial charge on any atom is 0.233 e. The lowest BCUT2D eigenvalue weighted by Gasteiger charge is -2.26. The van der Waals surface area contributed by atoms with E-state index in [2.05, 4.69) is 22.9 Å². The maximum absolute atomic E-state index is 11.4. The Hall–Kier alpha value is -0.0500. The topological polar surface area (TPSA) is 20.3 Å². The second-order valence-electron chi connectivity index (χ2n) is 3.25. The summed E-state index contributed by atoms with van der Waals surface area (Å²) in [6.07, 6.45) is 4.98. The van der Waals surface area contributed by atoms with Gasteiger partial charge in [-0.3, -0.25) is 4.79 Å². The van der Waals surface area contributed by atoms with Gasteiger partial charge in [0.25, 0.3) is 0 Å². The molecule has 70 valence electrons. The van der Waals surface area contributed by atoms with E-state index < -0.39 is 0 Å². The second kappa shape index (κ2) is 4.85. The van der Waals surface area contributed by atoms with E-state index in [4.69, 9.17) is 0 Å². The number of carbonyl (C=O) groups is 1. The first-order valence-corrected chi connectivity index (χ1v) is 5.77. The van der Waals surface area contributed by atoms with E-state index in [1.165, 1.54) is 25.7 Å². The van der Waals surface area contributed by atoms with E-state index in [9.17, 15) is 4.79 Å². The lowest BCUT2D eigenvalue weighted by Crippen LogP contribution is -2.39. The molecule has 0 radical (unpaired) electrons. The zero-order chi connectivity index (χ0) is 8.97. The summed E-state index contributed by atoms with van der Waals surface area (Å²) in [5.74, 6) is 0.240. The van der Waals surface area contributed by atoms with Crippen LogP contribution in [-0.2, 0) is 4.79 Å². The van der Waals surface area contributed by atoms with Crippen molar-refractivity contribution in [2.75, 3.05) is 11.9 Å². The van der Waals surface area contributed by atoms with E-state index >= 15 is 0 Å². The van der Waals surface area contributed by atoms with E-state index in [-0.39, 0.29) is 5.91 Å². The van der Waals surface area contributed by atoms with Gasteiger partial charge in [0.2, 0.25) is 5.91 Å². The van der Waals surface area contributed by atoms with Crippen LogP contribution in [0.15, 0.2) is 0 Å². The summed E-state index contributed by atoms with van der Waals surface area (Å²) in [6.45, 7) is 2.91. The van der Waals surface area contributed by atoms with Crippen molar-refractivity contribution in [3.8, 4) is 0 Å². The van der Waals surface area contributed by atoms with Crippen LogP contribution < -0.4 is 0 Å². The molecule has 1 rings (SSSR count). The van der Waals surface area contributed by atoms with Gasteiger partial charge in [-0.2, -0.15) is 0 Å². The summed E-state index contributed by atoms with van der Waals surface area (Å²) in [5.41, 5.74) is 0. The molecule has 0 aromatic rings. The maximum atomic E-state index is 11.4. The van der Waals surface area contributed by atoms with Gasteiger partial charge in [0.1, 0.15) is 0 Å². The third-order valence-electron chi connectivity index (χ3n) is 2.54. The Morgan fingerprint density at radius 1 is 1.50 bits per heavy atom. The van der Waals surface area contributed by atoms with Crippen molar-refractivity contribution in [1.29, 1.82) is 0 Å². The second-order valence-corrected chi connectivity index (χ2v) is 3.81. The van der Waals surface area contributed by atoms with Crippen LogP contribution in [0.25, 0.3) is 0 Å². The summed E-state index contributed by atoms with van der Waals surface area (Å²) in [7, 11) is 0. The molecule has 0 saturated heterocycles. The third kappa shape index (κ3) is 2.22. The number of carbonyl (C=O) groups excluding carboxylic acids is 1. The van der Waals surface area contributed by atoms with Gasteiger partial charge in [0.15, 0.2) is 0 Å². The van der Waals surface area contributed by atoms with Crippen molar-refractivity contribution in [2.24, 2.45) is 0 Å². The van der Waals surface area contributed by atoms with Crippen LogP contribution in [0.3, 0.4) is 0 Å². The summed E-state index contributed by atoms with van der Waals surface area (Å²) >= 11 is 3.21. The normalized spacial score (nSPS) is 18.2. The molecule has 0 heterocycles. The van der Waals surface area contributed by atoms with Crippen LogP contribution in [0.5, 0.6) is 0 Å². The standard InChI is InChI=1S/C9H16BrNO/c1-2-11(9(12)7-10)8-5-3-4-6-8/h8H,2-7H2,1H3. The first-order valence-electron chi connectivity index (χ1n) is 4.65. The number of amides is 1. The summed E-state index contributed by atoms with van der Waals surface area (Å²) in [4.78, 5) is 13.4. The average molecular weight is 234 g/mol. The predicted octanol–water partition coefficient (Wildman–Crippen LogP) is 2.17. The number of halogens is 1. The highest BCUT2D eigenvalue weighted by Gasteiger charge is 2.24. The first kappa shape index (κ1) is 10.0. The number of alkyl halides is 1. The van der Waals surface area contributed by atoms with E-state index in [1.807, 2.05) is 4.90 Å². The average Bonchev–Trinajstić information content (AvgIpc) is 2.58. The summed E-state index contributed by atoms with van der Waals surface area (Å²) in [5, 5.41) is 0.470. The SMILES string of the molecule is CCN(C(=O)CBr)C1CCCC1. The minimum atomic E-state index is 0.240. The molecule has 12 heavy (non-hydrogen) atoms. The van der Waals surface area contributed by atoms with Gasteiger partial charge in [-0.25, -0.2) is 0 Å². The lowest BCUT2D eigenvalue weighted by molar-refractivity contribution is -0.130. The molecule has 0 bridgehead atoms. The van der Waals surface area contributed by atoms with Gasteiger partial charge in [-0.05, 0) is 19.8 Å². The fourth-order valence-electron chi connectivity index (χ4n) is 1.93. The van der Waals surface area contributed by atoms with Crippen molar-refractivity contribution >= 4 is 21.8 Å². The minimum Gasteiger partial charge on any atom is -0.339 e. The van der Waals surface area contributed by atoms with Gasteiger partial charge in [-0.15, -0.1) is 0 Å². The van der Waals surface area contributed by atoms with Crippen LogP contribution in [0, 0.1) is 0 Å². The molecule has 0 aromatic heterocycles. The van der Waals surface area contributed by atoms with Crippen LogP contribution in [-0.4, -0.2) is 28.7 Å². The highest BCUT2D eigenvalue weighted by atomic mass is 79.9. The molecule has 1 saturated carbocycles. The molecule has 3 heteroatoms. The largest absolute Gasteiger partial charge is 0.339 e. The van der Waals surface area contributed by atoms with E-state index in [0.29, 0.717) is 11.4 Å². The Kier molecular flexibility index (Phi) is 4.06. The zero-order valence-electron chi connectivity index (χ0n) is 7.55. The van der Waals surface area contributed by atoms with Crippen LogP contribution in [0.1, 0.15) is 32.6 Å². The van der Waals surface area contributed by atoms with Crippen molar-refractivity contribution in [1.82, 2.24) is 4.90 Å². The molecule has 0 unspecified atom stereocenters. The quantitative estimate of drug-likeness (QED) is 0.685. The van der Waals surface area contributed by atoms with Gasteiger partial charge in [0.05, 0.1) is 5.33 Å². The third-order valence-corrected chi connectivity index (χ3v) is 3.02. The highest BCUT2D eigenvalue weighted by molar-refractivity contribution is 9.09. The number of hydrogen-bond donors (Lipinski definition) is 0. The Balaban J connectivity index is 2.48. The van der Waals surface area contributed by atoms with E-state index in [1.54, 1.807) is 0 Å². The molecule has 0 aliphatic heterocycles. The van der Waals surface area contributed by atoms with Crippen LogP contribution in [0.4, 0.5) is 0 Å². The van der Waals surface area contributed by atoms with Crippen molar-refractivity contribution in [2.45, 2.75) is 38.6 Å². The van der Waals surface area contributed by atoms with Crippen LogP contribution in [0.2, 0.25) is 0 Å². The number of rotatable bonds is 3. The Morgan fingerprint density at radius 3 is 2.50 bits per heavy atom. The molecule has 0 spiro atoms. The van der Waals surface area contributed by atoms with Crippen molar-refractivity contribution in [3.63, 3.8) is 0 Å². The van der Waals surface area contributed by atoms with Crippen molar-refractivity contribution in [3.05, 3.63) is 0 Å². The predicted molar refractivity (Wildman–Crippen MR) is 53.4 cm³/mol. The van der Waals surface area contributed by atoms with Crippen molar-refractivity contribution < 1.29 is 4.79 Å². The lowest BCUT2D eigenvalue weighted by atomic mass is 10.2. The van der Waals surface area contributed by atoms with Gasteiger partial charge >= 0.3 is 0 Å². The van der Waals surface area contributed by atoms with Gasteiger partial charge in [-0.1, -0.05) is 28.8 Å². The molecular weight excluding hydrogens is 218 g/mol. The van der Waals surface area contributed by atoms with E-state index in [0.717, 1.165) is 6.54 Å². The Bertz CT molecular complexity index is 155. The Labute approximate surface area is 82.4 Å². The smallest absolute Gasteiger partial charge is 0.233 e. The molecule has 0 N–H and O–H groups in total.